The summed E-state index contributed by atoms with van der Waals surface area (Å²) in [7, 11) is -2.14. The smallest absolute Gasteiger partial charge is 0.251 e. The van der Waals surface area contributed by atoms with Gasteiger partial charge in [0.1, 0.15) is 6.29 Å². The zero-order valence-corrected chi connectivity index (χ0v) is 33.6. The van der Waals surface area contributed by atoms with E-state index in [1.165, 1.54) is 62.9 Å². The average molecular weight is 774 g/mol. The summed E-state index contributed by atoms with van der Waals surface area (Å²) in [6.07, 6.45) is 12.0. The molecule has 4 aromatic rings. The molecule has 55 heavy (non-hydrogen) atoms. The van der Waals surface area contributed by atoms with Crippen LogP contribution in [-0.4, -0.2) is 57.4 Å². The molecule has 1 aliphatic rings. The normalized spacial score (nSPS) is 15.3. The molecule has 2 amide bonds. The first-order valence-corrected chi connectivity index (χ1v) is 21.1. The summed E-state index contributed by atoms with van der Waals surface area (Å²) < 4.78 is 24.4. The number of pyridine rings is 1. The minimum absolute atomic E-state index is 0. The van der Waals surface area contributed by atoms with Crippen LogP contribution in [0.2, 0.25) is 0 Å². The number of rotatable bonds is 16. The first-order valence-electron chi connectivity index (χ1n) is 19.2. The molecule has 1 heterocycles. The maximum Gasteiger partial charge on any atom is 0.251 e. The minimum Gasteiger partial charge on any atom is -0.346 e. The summed E-state index contributed by atoms with van der Waals surface area (Å²) in [6.45, 7) is 6.85. The van der Waals surface area contributed by atoms with Gasteiger partial charge in [0.2, 0.25) is 15.9 Å². The molecular formula is C44H63N5O5S. The summed E-state index contributed by atoms with van der Waals surface area (Å²) in [5, 5.41) is 9.57. The van der Waals surface area contributed by atoms with E-state index in [0.717, 1.165) is 41.2 Å². The number of anilines is 1. The summed E-state index contributed by atoms with van der Waals surface area (Å²) in [4.78, 5) is 41.2. The van der Waals surface area contributed by atoms with Gasteiger partial charge in [-0.2, -0.15) is 0 Å². The van der Waals surface area contributed by atoms with E-state index < -0.39 is 10.0 Å². The van der Waals surface area contributed by atoms with Crippen LogP contribution in [0.25, 0.3) is 0 Å². The lowest BCUT2D eigenvalue weighted by Crippen LogP contribution is -2.45. The van der Waals surface area contributed by atoms with Crippen LogP contribution in [0.4, 0.5) is 5.69 Å². The van der Waals surface area contributed by atoms with Gasteiger partial charge >= 0.3 is 0 Å². The Morgan fingerprint density at radius 2 is 1.55 bits per heavy atom. The van der Waals surface area contributed by atoms with E-state index >= 15 is 0 Å². The van der Waals surface area contributed by atoms with E-state index in [2.05, 4.69) is 52.1 Å². The van der Waals surface area contributed by atoms with Crippen molar-refractivity contribution in [3.8, 4) is 0 Å². The molecule has 3 N–H and O–H groups in total. The predicted molar refractivity (Wildman–Crippen MR) is 227 cm³/mol. The van der Waals surface area contributed by atoms with Gasteiger partial charge in [-0.25, -0.2) is 8.42 Å². The number of aldehydes is 1. The quantitative estimate of drug-likeness (QED) is 0.0977. The molecule has 5 rings (SSSR count). The number of nitrogens with one attached hydrogen (secondary N) is 3. The van der Waals surface area contributed by atoms with Crippen LogP contribution < -0.4 is 20.3 Å². The molecule has 10 nitrogen and oxygen atoms in total. The molecule has 0 bridgehead atoms. The maximum absolute atomic E-state index is 12.9. The van der Waals surface area contributed by atoms with Gasteiger partial charge in [0.25, 0.3) is 5.91 Å². The largest absolute Gasteiger partial charge is 0.346 e. The third-order valence-corrected chi connectivity index (χ3v) is 11.3. The van der Waals surface area contributed by atoms with Gasteiger partial charge in [0.05, 0.1) is 35.8 Å². The van der Waals surface area contributed by atoms with E-state index in [4.69, 9.17) is 0 Å². The molecule has 0 aliphatic heterocycles. The second-order valence-electron chi connectivity index (χ2n) is 14.7. The molecule has 4 atom stereocenters. The summed E-state index contributed by atoms with van der Waals surface area (Å²) in [6, 6.07) is 29.8. The number of benzene rings is 3. The second-order valence-corrected chi connectivity index (χ2v) is 16.8. The molecule has 1 aromatic heterocycles. The van der Waals surface area contributed by atoms with Crippen LogP contribution in [0.3, 0.4) is 0 Å². The molecule has 1 saturated carbocycles. The number of hydrogen-bond donors (Lipinski definition) is 3. The number of sulfonamides is 1. The van der Waals surface area contributed by atoms with E-state index in [1.807, 2.05) is 74.6 Å². The molecule has 11 heteroatoms. The number of aromatic nitrogens is 1. The maximum atomic E-state index is 12.9. The highest BCUT2D eigenvalue weighted by atomic mass is 32.2. The van der Waals surface area contributed by atoms with Crippen molar-refractivity contribution in [2.45, 2.75) is 83.8 Å². The molecule has 0 spiro atoms. The van der Waals surface area contributed by atoms with Crippen LogP contribution in [0.5, 0.6) is 0 Å². The molecule has 2 unspecified atom stereocenters. The highest BCUT2D eigenvalue weighted by Gasteiger charge is 2.25. The average Bonchev–Trinajstić information content (AvgIpc) is 3.20. The Morgan fingerprint density at radius 1 is 0.891 bits per heavy atom. The summed E-state index contributed by atoms with van der Waals surface area (Å²) in [5.74, 6) is 0.827. The van der Waals surface area contributed by atoms with Crippen LogP contribution in [0, 0.1) is 11.8 Å². The highest BCUT2D eigenvalue weighted by molar-refractivity contribution is 7.92. The Morgan fingerprint density at radius 3 is 2.16 bits per heavy atom. The number of carbonyl (C=O) groups excluding carboxylic acids is 3. The van der Waals surface area contributed by atoms with Crippen molar-refractivity contribution in [2.75, 3.05) is 24.2 Å². The zero-order valence-electron chi connectivity index (χ0n) is 32.8. The zero-order chi connectivity index (χ0) is 39.8. The summed E-state index contributed by atoms with van der Waals surface area (Å²) in [5.41, 5.74) is 3.96. The lowest BCUT2D eigenvalue weighted by Gasteiger charge is -2.28. The van der Waals surface area contributed by atoms with Crippen LogP contribution in [0.1, 0.15) is 113 Å². The standard InChI is InChI=1S/C26H37N3O.C18H20N2O4S.3H2/c1-20(17-22-11-5-3-6-12-22)19-28-21(2)26(30)29-25(24-15-9-10-16-27-24)18-23-13-7-4-8-14-23;1-13(15-7-5-4-6-8-15)19-18(22)16-9-14(12-21)10-17(11-16)20(2)25(3,23)24;;;/h3,5-6,9-12,15-16,20-21,23,25,28H,4,7-8,13-14,17-19H2,1-2H3,(H,29,30);4-13H,1-3H3,(H,19,22);3*1H/t20?,21-,25?;13-;;;/m01.../s1. The number of hydrogen-bond acceptors (Lipinski definition) is 7. The first-order chi connectivity index (χ1) is 26.3. The van der Waals surface area contributed by atoms with Gasteiger partial charge in [-0.05, 0) is 86.5 Å². The fourth-order valence-electron chi connectivity index (χ4n) is 6.76. The Bertz CT molecular complexity index is 1920. The van der Waals surface area contributed by atoms with Crippen molar-refractivity contribution in [3.63, 3.8) is 0 Å². The van der Waals surface area contributed by atoms with Gasteiger partial charge in [0.15, 0.2) is 0 Å². The van der Waals surface area contributed by atoms with Crippen molar-refractivity contribution in [1.82, 2.24) is 20.9 Å². The van der Waals surface area contributed by atoms with Crippen molar-refractivity contribution in [3.05, 3.63) is 131 Å². The third-order valence-electron chi connectivity index (χ3n) is 10.1. The molecule has 1 fully saturated rings. The Kier molecular flexibility index (Phi) is 16.6. The van der Waals surface area contributed by atoms with Gasteiger partial charge in [-0.1, -0.05) is 106 Å². The van der Waals surface area contributed by atoms with E-state index in [1.54, 1.807) is 0 Å². The minimum atomic E-state index is -3.50. The second kappa shape index (κ2) is 21.3. The fraction of sp³-hybridized carbons (Fsp3) is 0.409. The SMILES string of the molecule is CC(CN[C@@H](C)C(=O)NC(CC1CCCCC1)c1ccccn1)Cc1ccccc1.C[C@@H](NC(=O)c1cc(C=O)cc(N(C)S(C)(=O)=O)c1)c1ccccc1.[HH].[HH].[HH]. The van der Waals surface area contributed by atoms with Crippen LogP contribution in [0.15, 0.2) is 103 Å². The molecular weight excluding hydrogens is 711 g/mol. The molecule has 300 valence electrons. The Labute approximate surface area is 332 Å². The number of carbonyl (C=O) groups is 3. The Balaban J connectivity index is 0.000000560. The fourth-order valence-corrected chi connectivity index (χ4v) is 7.25. The van der Waals surface area contributed by atoms with E-state index in [0.29, 0.717) is 18.1 Å². The van der Waals surface area contributed by atoms with E-state index in [-0.39, 0.29) is 51.0 Å². The summed E-state index contributed by atoms with van der Waals surface area (Å²) >= 11 is 0. The number of nitrogens with zero attached hydrogens (tertiary/aromatic N) is 2. The van der Waals surface area contributed by atoms with Crippen molar-refractivity contribution < 1.29 is 27.1 Å². The van der Waals surface area contributed by atoms with Gasteiger partial charge in [-0.15, -0.1) is 0 Å². The first kappa shape index (κ1) is 42.9. The molecule has 1 aliphatic carbocycles. The lowest BCUT2D eigenvalue weighted by molar-refractivity contribution is -0.123. The van der Waals surface area contributed by atoms with Crippen LogP contribution >= 0.6 is 0 Å². The molecule has 0 radical (unpaired) electrons. The lowest BCUT2D eigenvalue weighted by atomic mass is 9.84. The van der Waals surface area contributed by atoms with Crippen molar-refractivity contribution in [1.29, 1.82) is 0 Å². The monoisotopic (exact) mass is 773 g/mol. The topological polar surface area (TPSA) is 138 Å². The van der Waals surface area contributed by atoms with Gasteiger partial charge in [0, 0.05) is 28.7 Å². The predicted octanol–water partition coefficient (Wildman–Crippen LogP) is 8.19. The molecule has 3 aromatic carbocycles. The molecule has 0 saturated heterocycles. The van der Waals surface area contributed by atoms with Gasteiger partial charge in [-0.3, -0.25) is 23.7 Å². The van der Waals surface area contributed by atoms with Crippen LogP contribution in [-0.2, 0) is 21.2 Å². The van der Waals surface area contributed by atoms with Gasteiger partial charge < -0.3 is 16.0 Å². The number of amides is 2. The van der Waals surface area contributed by atoms with E-state index in [9.17, 15) is 22.8 Å². The third kappa shape index (κ3) is 14.1. The van der Waals surface area contributed by atoms with Crippen molar-refractivity contribution >= 4 is 33.8 Å². The van der Waals surface area contributed by atoms with Crippen molar-refractivity contribution in [2.24, 2.45) is 11.8 Å². The highest BCUT2D eigenvalue weighted by Crippen LogP contribution is 2.31. The Hall–Kier alpha value is -4.87.